The Morgan fingerprint density at radius 3 is 2.29 bits per heavy atom. The van der Waals surface area contributed by atoms with Crippen molar-refractivity contribution in [2.45, 2.75) is 58.0 Å². The third-order valence-electron chi connectivity index (χ3n) is 3.50. The molecule has 1 nitrogen and oxygen atoms in total. The average molecular weight is 232 g/mol. The topological polar surface area (TPSA) is 12.5 Å². The Morgan fingerprint density at radius 2 is 1.65 bits per heavy atom. The fourth-order valence-electron chi connectivity index (χ4n) is 2.25. The molecule has 0 amide bonds. The fraction of sp³-hybridized carbons (Fsp3) is 0.625. The number of epoxide rings is 1. The van der Waals surface area contributed by atoms with Gasteiger partial charge in [0.25, 0.3) is 0 Å². The third-order valence-corrected chi connectivity index (χ3v) is 3.50. The van der Waals surface area contributed by atoms with Gasteiger partial charge in [-0.2, -0.15) is 0 Å². The van der Waals surface area contributed by atoms with Gasteiger partial charge in [0, 0.05) is 0 Å². The number of benzene rings is 1. The number of aryl methyl sites for hydroxylation is 1. The van der Waals surface area contributed by atoms with E-state index in [1.165, 1.54) is 56.1 Å². The molecule has 17 heavy (non-hydrogen) atoms. The van der Waals surface area contributed by atoms with E-state index in [1.807, 2.05) is 0 Å². The number of unbranched alkanes of at least 4 members (excludes halogenated alkanes) is 5. The molecule has 1 heteroatoms. The summed E-state index contributed by atoms with van der Waals surface area (Å²) in [6, 6.07) is 8.99. The van der Waals surface area contributed by atoms with Gasteiger partial charge in [-0.1, -0.05) is 63.3 Å². The van der Waals surface area contributed by atoms with Gasteiger partial charge in [0.05, 0.1) is 6.61 Å². The zero-order chi connectivity index (χ0) is 11.9. The highest BCUT2D eigenvalue weighted by Crippen LogP contribution is 2.29. The van der Waals surface area contributed by atoms with Crippen molar-refractivity contribution in [3.05, 3.63) is 35.4 Å². The maximum absolute atomic E-state index is 5.27. The van der Waals surface area contributed by atoms with Crippen molar-refractivity contribution >= 4 is 0 Å². The Balaban J connectivity index is 1.61. The molecule has 1 atom stereocenters. The second-order valence-corrected chi connectivity index (χ2v) is 5.08. The highest BCUT2D eigenvalue weighted by atomic mass is 16.6. The van der Waals surface area contributed by atoms with E-state index >= 15 is 0 Å². The van der Waals surface area contributed by atoms with E-state index in [0.717, 1.165) is 6.61 Å². The van der Waals surface area contributed by atoms with Crippen LogP contribution in [0.2, 0.25) is 0 Å². The van der Waals surface area contributed by atoms with Gasteiger partial charge in [0.1, 0.15) is 6.10 Å². The van der Waals surface area contributed by atoms with E-state index in [2.05, 4.69) is 31.2 Å². The second-order valence-electron chi connectivity index (χ2n) is 5.08. The van der Waals surface area contributed by atoms with E-state index in [9.17, 15) is 0 Å². The van der Waals surface area contributed by atoms with Gasteiger partial charge in [0.15, 0.2) is 0 Å². The lowest BCUT2D eigenvalue weighted by atomic mass is 10.0. The third kappa shape index (κ3) is 4.51. The van der Waals surface area contributed by atoms with Crippen molar-refractivity contribution in [1.82, 2.24) is 0 Å². The van der Waals surface area contributed by atoms with Gasteiger partial charge < -0.3 is 4.74 Å². The summed E-state index contributed by atoms with van der Waals surface area (Å²) in [5.41, 5.74) is 2.82. The highest BCUT2D eigenvalue weighted by Gasteiger charge is 2.23. The molecule has 1 heterocycles. The molecule has 1 unspecified atom stereocenters. The van der Waals surface area contributed by atoms with Crippen molar-refractivity contribution in [2.24, 2.45) is 0 Å². The van der Waals surface area contributed by atoms with Crippen LogP contribution in [0.5, 0.6) is 0 Å². The monoisotopic (exact) mass is 232 g/mol. The molecule has 2 rings (SSSR count). The van der Waals surface area contributed by atoms with Crippen molar-refractivity contribution in [1.29, 1.82) is 0 Å². The molecular weight excluding hydrogens is 208 g/mol. The van der Waals surface area contributed by atoms with Gasteiger partial charge in [-0.25, -0.2) is 0 Å². The largest absolute Gasteiger partial charge is 0.368 e. The smallest absolute Gasteiger partial charge is 0.106 e. The van der Waals surface area contributed by atoms with Crippen molar-refractivity contribution < 1.29 is 4.74 Å². The molecule has 0 bridgehead atoms. The summed E-state index contributed by atoms with van der Waals surface area (Å²) in [4.78, 5) is 0. The first kappa shape index (κ1) is 12.6. The van der Waals surface area contributed by atoms with Gasteiger partial charge in [-0.15, -0.1) is 0 Å². The number of hydrogen-bond donors (Lipinski definition) is 0. The first-order valence-corrected chi connectivity index (χ1v) is 7.10. The highest BCUT2D eigenvalue weighted by molar-refractivity contribution is 5.26. The molecule has 0 spiro atoms. The van der Waals surface area contributed by atoms with Crippen LogP contribution in [-0.2, 0) is 11.2 Å². The van der Waals surface area contributed by atoms with Crippen LogP contribution in [0.15, 0.2) is 24.3 Å². The van der Waals surface area contributed by atoms with Crippen LogP contribution in [0.1, 0.15) is 62.7 Å². The molecule has 1 saturated heterocycles. The summed E-state index contributed by atoms with van der Waals surface area (Å²) in [7, 11) is 0. The Bertz CT molecular complexity index is 311. The van der Waals surface area contributed by atoms with E-state index in [0.29, 0.717) is 6.10 Å². The Kier molecular flexibility index (Phi) is 5.06. The minimum Gasteiger partial charge on any atom is -0.368 e. The summed E-state index contributed by atoms with van der Waals surface area (Å²) in [6.07, 6.45) is 9.91. The summed E-state index contributed by atoms with van der Waals surface area (Å²) < 4.78 is 5.27. The number of ether oxygens (including phenoxy) is 1. The minimum atomic E-state index is 0.401. The van der Waals surface area contributed by atoms with Crippen molar-refractivity contribution in [3.8, 4) is 0 Å². The zero-order valence-electron chi connectivity index (χ0n) is 11.0. The Morgan fingerprint density at radius 1 is 1.00 bits per heavy atom. The van der Waals surface area contributed by atoms with Crippen LogP contribution in [0.4, 0.5) is 0 Å². The number of rotatable bonds is 8. The Labute approximate surface area is 105 Å². The first-order valence-electron chi connectivity index (χ1n) is 7.10. The van der Waals surface area contributed by atoms with Gasteiger partial charge in [-0.3, -0.25) is 0 Å². The average Bonchev–Trinajstić information content (AvgIpc) is 3.19. The van der Waals surface area contributed by atoms with Gasteiger partial charge in [0.2, 0.25) is 0 Å². The molecule has 1 aliphatic heterocycles. The van der Waals surface area contributed by atoms with Crippen LogP contribution in [0.25, 0.3) is 0 Å². The molecule has 0 aliphatic carbocycles. The van der Waals surface area contributed by atoms with E-state index < -0.39 is 0 Å². The number of hydrogen-bond acceptors (Lipinski definition) is 1. The summed E-state index contributed by atoms with van der Waals surface area (Å²) in [5.74, 6) is 0. The lowest BCUT2D eigenvalue weighted by molar-refractivity contribution is 0.415. The molecule has 0 N–H and O–H groups in total. The molecule has 94 valence electrons. The van der Waals surface area contributed by atoms with E-state index in [1.54, 1.807) is 0 Å². The molecule has 1 fully saturated rings. The van der Waals surface area contributed by atoms with Crippen LogP contribution < -0.4 is 0 Å². The quantitative estimate of drug-likeness (QED) is 0.469. The molecule has 0 aromatic heterocycles. The van der Waals surface area contributed by atoms with E-state index in [-0.39, 0.29) is 0 Å². The standard InChI is InChI=1S/C16H24O/c1-2-3-4-5-6-7-8-14-9-11-15(12-10-14)16-13-17-16/h9-12,16H,2-8,13H2,1H3. The van der Waals surface area contributed by atoms with Gasteiger partial charge >= 0.3 is 0 Å². The maximum Gasteiger partial charge on any atom is 0.106 e. The lowest BCUT2D eigenvalue weighted by Crippen LogP contribution is -1.88. The molecular formula is C16H24O. The van der Waals surface area contributed by atoms with Crippen LogP contribution in [-0.4, -0.2) is 6.61 Å². The zero-order valence-corrected chi connectivity index (χ0v) is 11.0. The summed E-state index contributed by atoms with van der Waals surface area (Å²) >= 11 is 0. The SMILES string of the molecule is CCCCCCCCc1ccc(C2CO2)cc1. The fourth-order valence-corrected chi connectivity index (χ4v) is 2.25. The molecule has 1 aromatic rings. The van der Waals surface area contributed by atoms with Crippen LogP contribution in [0.3, 0.4) is 0 Å². The normalized spacial score (nSPS) is 18.3. The van der Waals surface area contributed by atoms with Crippen LogP contribution in [0, 0.1) is 0 Å². The summed E-state index contributed by atoms with van der Waals surface area (Å²) in [6.45, 7) is 3.18. The van der Waals surface area contributed by atoms with E-state index in [4.69, 9.17) is 4.74 Å². The Hall–Kier alpha value is -0.820. The van der Waals surface area contributed by atoms with Crippen LogP contribution >= 0.6 is 0 Å². The molecule has 0 radical (unpaired) electrons. The molecule has 0 saturated carbocycles. The summed E-state index contributed by atoms with van der Waals surface area (Å²) in [5, 5.41) is 0. The second kappa shape index (κ2) is 6.80. The molecule has 1 aromatic carbocycles. The predicted molar refractivity (Wildman–Crippen MR) is 72.2 cm³/mol. The van der Waals surface area contributed by atoms with Crippen molar-refractivity contribution in [2.75, 3.05) is 6.61 Å². The maximum atomic E-state index is 5.27. The lowest BCUT2D eigenvalue weighted by Gasteiger charge is -2.03. The predicted octanol–water partition coefficient (Wildman–Crippen LogP) is 4.66. The van der Waals surface area contributed by atoms with Gasteiger partial charge in [-0.05, 0) is 24.0 Å². The minimum absolute atomic E-state index is 0.401. The molecule has 1 aliphatic rings. The first-order chi connectivity index (χ1) is 8.40. The van der Waals surface area contributed by atoms with Crippen molar-refractivity contribution in [3.63, 3.8) is 0 Å².